The number of carbonyl (C=O) groups is 1. The van der Waals surface area contributed by atoms with Gasteiger partial charge in [-0.05, 0) is 6.07 Å². The van der Waals surface area contributed by atoms with Gasteiger partial charge in [-0.25, -0.2) is 0 Å². The monoisotopic (exact) mass is 183 g/mol. The molecule has 2 N–H and O–H groups in total. The van der Waals surface area contributed by atoms with Crippen LogP contribution < -0.4 is 5.32 Å². The molecular formula is C8H13N3O2. The largest absolute Gasteiger partial charge is 0.480 e. The molecule has 13 heavy (non-hydrogen) atoms. The molecule has 0 aliphatic heterocycles. The molecule has 0 bridgehead atoms. The molecule has 0 aliphatic rings. The van der Waals surface area contributed by atoms with Crippen LogP contribution in [-0.4, -0.2) is 33.9 Å². The lowest BCUT2D eigenvalue weighted by atomic mass is 10.3. The van der Waals surface area contributed by atoms with Gasteiger partial charge in [0.2, 0.25) is 0 Å². The summed E-state index contributed by atoms with van der Waals surface area (Å²) in [5, 5.41) is 15.3. The maximum absolute atomic E-state index is 10.1. The quantitative estimate of drug-likeness (QED) is 0.611. The molecule has 5 nitrogen and oxygen atoms in total. The predicted octanol–water partition coefficient (Wildman–Crippen LogP) is -0.363. The van der Waals surface area contributed by atoms with Crippen molar-refractivity contribution in [2.24, 2.45) is 7.05 Å². The summed E-state index contributed by atoms with van der Waals surface area (Å²) in [5.74, 6) is -0.832. The first-order valence-electron chi connectivity index (χ1n) is 4.09. The Morgan fingerprint density at radius 2 is 2.54 bits per heavy atom. The van der Waals surface area contributed by atoms with Gasteiger partial charge in [-0.3, -0.25) is 9.48 Å². The third-order valence-corrected chi connectivity index (χ3v) is 1.60. The van der Waals surface area contributed by atoms with E-state index < -0.39 is 5.97 Å². The number of aryl methyl sites for hydroxylation is 1. The van der Waals surface area contributed by atoms with E-state index in [-0.39, 0.29) is 6.54 Å². The summed E-state index contributed by atoms with van der Waals surface area (Å²) in [7, 11) is 1.86. The molecule has 1 heterocycles. The minimum absolute atomic E-state index is 0.00678. The molecule has 72 valence electrons. The van der Waals surface area contributed by atoms with Gasteiger partial charge < -0.3 is 10.4 Å². The van der Waals surface area contributed by atoms with E-state index >= 15 is 0 Å². The Bertz CT molecular complexity index is 283. The molecule has 0 spiro atoms. The summed E-state index contributed by atoms with van der Waals surface area (Å²) in [6.07, 6.45) is 2.63. The number of aromatic nitrogens is 2. The lowest BCUT2D eigenvalue weighted by Gasteiger charge is -1.98. The fraction of sp³-hybridized carbons (Fsp3) is 0.500. The SMILES string of the molecule is Cn1ccc(CCNCC(=O)O)n1. The van der Waals surface area contributed by atoms with Crippen LogP contribution in [0.1, 0.15) is 5.69 Å². The van der Waals surface area contributed by atoms with Crippen molar-refractivity contribution < 1.29 is 9.90 Å². The van der Waals surface area contributed by atoms with Crippen molar-refractivity contribution in [3.8, 4) is 0 Å². The third kappa shape index (κ3) is 3.71. The minimum atomic E-state index is -0.832. The number of hydrogen-bond donors (Lipinski definition) is 2. The standard InChI is InChI=1S/C8H13N3O2/c1-11-5-3-7(10-11)2-4-9-6-8(12)13/h3,5,9H,2,4,6H2,1H3,(H,12,13). The number of rotatable bonds is 5. The second kappa shape index (κ2) is 4.61. The molecule has 0 saturated heterocycles. The molecule has 5 heteroatoms. The van der Waals surface area contributed by atoms with Gasteiger partial charge in [0.25, 0.3) is 0 Å². The fourth-order valence-electron chi connectivity index (χ4n) is 1.01. The van der Waals surface area contributed by atoms with E-state index in [2.05, 4.69) is 10.4 Å². The van der Waals surface area contributed by atoms with Crippen LogP contribution in [-0.2, 0) is 18.3 Å². The van der Waals surface area contributed by atoms with Gasteiger partial charge in [-0.2, -0.15) is 5.10 Å². The molecular weight excluding hydrogens is 170 g/mol. The van der Waals surface area contributed by atoms with Gasteiger partial charge >= 0.3 is 5.97 Å². The van der Waals surface area contributed by atoms with Crippen LogP contribution in [0.2, 0.25) is 0 Å². The minimum Gasteiger partial charge on any atom is -0.480 e. The van der Waals surface area contributed by atoms with Crippen LogP contribution >= 0.6 is 0 Å². The molecule has 0 radical (unpaired) electrons. The lowest BCUT2D eigenvalue weighted by Crippen LogP contribution is -2.24. The zero-order chi connectivity index (χ0) is 9.68. The average molecular weight is 183 g/mol. The van der Waals surface area contributed by atoms with Crippen LogP contribution in [0.4, 0.5) is 0 Å². The molecule has 0 aliphatic carbocycles. The summed E-state index contributed by atoms with van der Waals surface area (Å²) >= 11 is 0. The van der Waals surface area contributed by atoms with E-state index in [1.807, 2.05) is 19.3 Å². The van der Waals surface area contributed by atoms with Crippen LogP contribution in [0.5, 0.6) is 0 Å². The van der Waals surface area contributed by atoms with E-state index in [4.69, 9.17) is 5.11 Å². The van der Waals surface area contributed by atoms with Crippen molar-refractivity contribution in [2.45, 2.75) is 6.42 Å². The smallest absolute Gasteiger partial charge is 0.317 e. The topological polar surface area (TPSA) is 67.2 Å². The van der Waals surface area contributed by atoms with E-state index in [0.717, 1.165) is 12.1 Å². The Labute approximate surface area is 76.4 Å². The van der Waals surface area contributed by atoms with Crippen molar-refractivity contribution >= 4 is 5.97 Å². The van der Waals surface area contributed by atoms with Crippen molar-refractivity contribution in [3.05, 3.63) is 18.0 Å². The first kappa shape index (κ1) is 9.73. The first-order chi connectivity index (χ1) is 6.18. The van der Waals surface area contributed by atoms with Crippen molar-refractivity contribution in [2.75, 3.05) is 13.1 Å². The summed E-state index contributed by atoms with van der Waals surface area (Å²) in [5.41, 5.74) is 0.973. The van der Waals surface area contributed by atoms with E-state index in [0.29, 0.717) is 6.54 Å². The number of carboxylic acid groups (broad SMARTS) is 1. The maximum Gasteiger partial charge on any atom is 0.317 e. The van der Waals surface area contributed by atoms with Crippen LogP contribution in [0, 0.1) is 0 Å². The highest BCUT2D eigenvalue weighted by atomic mass is 16.4. The molecule has 1 aromatic heterocycles. The Morgan fingerprint density at radius 3 is 3.08 bits per heavy atom. The Hall–Kier alpha value is -1.36. The Morgan fingerprint density at radius 1 is 1.77 bits per heavy atom. The first-order valence-corrected chi connectivity index (χ1v) is 4.09. The third-order valence-electron chi connectivity index (χ3n) is 1.60. The molecule has 1 rings (SSSR count). The van der Waals surface area contributed by atoms with Gasteiger partial charge in [-0.15, -0.1) is 0 Å². The van der Waals surface area contributed by atoms with Gasteiger partial charge in [0, 0.05) is 26.2 Å². The number of carboxylic acids is 1. The van der Waals surface area contributed by atoms with Crippen molar-refractivity contribution in [1.29, 1.82) is 0 Å². The molecule has 0 unspecified atom stereocenters. The highest BCUT2D eigenvalue weighted by molar-refractivity contribution is 5.68. The molecule has 0 aromatic carbocycles. The van der Waals surface area contributed by atoms with Crippen molar-refractivity contribution in [1.82, 2.24) is 15.1 Å². The number of nitrogens with zero attached hydrogens (tertiary/aromatic N) is 2. The molecule has 0 atom stereocenters. The van der Waals surface area contributed by atoms with E-state index in [1.165, 1.54) is 0 Å². The highest BCUT2D eigenvalue weighted by Gasteiger charge is 1.97. The maximum atomic E-state index is 10.1. The Balaban J connectivity index is 2.16. The van der Waals surface area contributed by atoms with Crippen LogP contribution in [0.25, 0.3) is 0 Å². The van der Waals surface area contributed by atoms with Gasteiger partial charge in [0.1, 0.15) is 0 Å². The van der Waals surface area contributed by atoms with Crippen molar-refractivity contribution in [3.63, 3.8) is 0 Å². The fourth-order valence-corrected chi connectivity index (χ4v) is 1.01. The van der Waals surface area contributed by atoms with Gasteiger partial charge in [-0.1, -0.05) is 0 Å². The Kier molecular flexibility index (Phi) is 3.45. The summed E-state index contributed by atoms with van der Waals surface area (Å²) in [6, 6.07) is 1.92. The number of hydrogen-bond acceptors (Lipinski definition) is 3. The molecule has 1 aromatic rings. The van der Waals surface area contributed by atoms with E-state index in [9.17, 15) is 4.79 Å². The van der Waals surface area contributed by atoms with Crippen LogP contribution in [0.3, 0.4) is 0 Å². The summed E-state index contributed by atoms with van der Waals surface area (Å²) < 4.78 is 1.73. The number of aliphatic carboxylic acids is 1. The highest BCUT2D eigenvalue weighted by Crippen LogP contribution is 1.93. The summed E-state index contributed by atoms with van der Waals surface area (Å²) in [4.78, 5) is 10.1. The zero-order valence-corrected chi connectivity index (χ0v) is 7.53. The normalized spacial score (nSPS) is 10.2. The lowest BCUT2D eigenvalue weighted by molar-refractivity contribution is -0.135. The molecule has 0 fully saturated rings. The summed E-state index contributed by atoms with van der Waals surface area (Å²) in [6.45, 7) is 0.649. The zero-order valence-electron chi connectivity index (χ0n) is 7.53. The second-order valence-corrected chi connectivity index (χ2v) is 2.80. The van der Waals surface area contributed by atoms with Gasteiger partial charge in [0.15, 0.2) is 0 Å². The average Bonchev–Trinajstić information content (AvgIpc) is 2.45. The van der Waals surface area contributed by atoms with Crippen LogP contribution in [0.15, 0.2) is 12.3 Å². The second-order valence-electron chi connectivity index (χ2n) is 2.80. The predicted molar refractivity (Wildman–Crippen MR) is 47.4 cm³/mol. The molecule has 0 saturated carbocycles. The van der Waals surface area contributed by atoms with Gasteiger partial charge in [0.05, 0.1) is 12.2 Å². The number of nitrogens with one attached hydrogen (secondary N) is 1. The van der Waals surface area contributed by atoms with E-state index in [1.54, 1.807) is 4.68 Å². The molecule has 0 amide bonds.